The zero-order chi connectivity index (χ0) is 21.3. The third kappa shape index (κ3) is 6.07. The van der Waals surface area contributed by atoms with Crippen LogP contribution >= 0.6 is 0 Å². The van der Waals surface area contributed by atoms with Gasteiger partial charge < -0.3 is 19.5 Å². The van der Waals surface area contributed by atoms with E-state index in [9.17, 15) is 13.2 Å². The zero-order valence-electron chi connectivity index (χ0n) is 17.5. The average molecular weight is 429 g/mol. The van der Waals surface area contributed by atoms with Gasteiger partial charge in [0.05, 0.1) is 19.1 Å². The molecule has 1 unspecified atom stereocenters. The number of sulfonamides is 1. The van der Waals surface area contributed by atoms with E-state index in [2.05, 4.69) is 12.2 Å². The maximum Gasteiger partial charge on any atom is 0.243 e. The molecule has 1 N–H and O–H groups in total. The number of amides is 1. The molecule has 1 aliphatic rings. The van der Waals surface area contributed by atoms with Crippen LogP contribution in [0.3, 0.4) is 0 Å². The predicted octanol–water partition coefficient (Wildman–Crippen LogP) is 2.18. The molecule has 0 saturated carbocycles. The lowest BCUT2D eigenvalue weighted by molar-refractivity contribution is -0.124. The van der Waals surface area contributed by atoms with Crippen LogP contribution in [0.5, 0.6) is 11.5 Å². The predicted molar refractivity (Wildman–Crippen MR) is 110 cm³/mol. The van der Waals surface area contributed by atoms with Crippen molar-refractivity contribution in [1.82, 2.24) is 9.62 Å². The Morgan fingerprint density at radius 2 is 1.90 bits per heavy atom. The van der Waals surface area contributed by atoms with Gasteiger partial charge in [0, 0.05) is 32.4 Å². The van der Waals surface area contributed by atoms with Gasteiger partial charge in [-0.2, -0.15) is 4.31 Å². The van der Waals surface area contributed by atoms with Crippen molar-refractivity contribution in [2.45, 2.75) is 50.0 Å². The Hall–Kier alpha value is -1.84. The van der Waals surface area contributed by atoms with Gasteiger partial charge in [-0.3, -0.25) is 4.79 Å². The number of ether oxygens (including phenoxy) is 3. The number of carbonyl (C=O) groups excluding carboxylic acids is 1. The molecule has 9 heteroatoms. The molecule has 8 nitrogen and oxygen atoms in total. The van der Waals surface area contributed by atoms with Gasteiger partial charge in [-0.25, -0.2) is 8.42 Å². The minimum absolute atomic E-state index is 0.0826. The molecule has 29 heavy (non-hydrogen) atoms. The van der Waals surface area contributed by atoms with Crippen molar-refractivity contribution in [3.05, 3.63) is 18.2 Å². The van der Waals surface area contributed by atoms with Crippen LogP contribution in [0, 0.1) is 0 Å². The molecule has 1 amide bonds. The van der Waals surface area contributed by atoms with Crippen LogP contribution < -0.4 is 14.8 Å². The van der Waals surface area contributed by atoms with Gasteiger partial charge in [-0.1, -0.05) is 13.3 Å². The van der Waals surface area contributed by atoms with E-state index in [1.807, 2.05) is 0 Å². The highest BCUT2D eigenvalue weighted by molar-refractivity contribution is 7.89. The van der Waals surface area contributed by atoms with Crippen molar-refractivity contribution in [3.63, 3.8) is 0 Å². The summed E-state index contributed by atoms with van der Waals surface area (Å²) in [6.45, 7) is 4.19. The molecule has 1 fully saturated rings. The molecule has 0 aromatic heterocycles. The molecule has 1 atom stereocenters. The van der Waals surface area contributed by atoms with Crippen molar-refractivity contribution in [1.29, 1.82) is 0 Å². The van der Waals surface area contributed by atoms with E-state index < -0.39 is 16.1 Å². The first-order valence-corrected chi connectivity index (χ1v) is 11.5. The minimum atomic E-state index is -3.82. The third-order valence-electron chi connectivity index (χ3n) is 4.87. The molecule has 0 bridgehead atoms. The van der Waals surface area contributed by atoms with E-state index in [0.717, 1.165) is 19.4 Å². The van der Waals surface area contributed by atoms with Crippen LogP contribution in [-0.4, -0.2) is 65.2 Å². The molecule has 1 saturated heterocycles. The number of benzene rings is 1. The second kappa shape index (κ2) is 11.4. The highest BCUT2D eigenvalue weighted by Crippen LogP contribution is 2.33. The van der Waals surface area contributed by atoms with Gasteiger partial charge in [0.15, 0.2) is 11.5 Å². The fourth-order valence-corrected chi connectivity index (χ4v) is 4.93. The summed E-state index contributed by atoms with van der Waals surface area (Å²) >= 11 is 0. The van der Waals surface area contributed by atoms with E-state index in [0.29, 0.717) is 50.5 Å². The lowest BCUT2D eigenvalue weighted by atomic mass is 10.2. The lowest BCUT2D eigenvalue weighted by Crippen LogP contribution is -2.46. The number of hydrogen-bond donors (Lipinski definition) is 1. The first-order chi connectivity index (χ1) is 14.0. The average Bonchev–Trinajstić information content (AvgIpc) is 3.23. The molecule has 1 aliphatic heterocycles. The van der Waals surface area contributed by atoms with Gasteiger partial charge in [0.25, 0.3) is 0 Å². The molecule has 2 rings (SSSR count). The summed E-state index contributed by atoms with van der Waals surface area (Å²) in [6, 6.07) is 3.75. The van der Waals surface area contributed by atoms with Crippen LogP contribution in [0.2, 0.25) is 0 Å². The molecular weight excluding hydrogens is 396 g/mol. The molecular formula is C20H32N2O6S. The first-order valence-electron chi connectivity index (χ1n) is 10.0. The van der Waals surface area contributed by atoms with Crippen LogP contribution in [0.25, 0.3) is 0 Å². The Bertz CT molecular complexity index is 768. The largest absolute Gasteiger partial charge is 0.493 e. The fraction of sp³-hybridized carbons (Fsp3) is 0.650. The summed E-state index contributed by atoms with van der Waals surface area (Å²) in [5, 5.41) is 2.84. The monoisotopic (exact) mass is 428 g/mol. The molecule has 0 spiro atoms. The number of nitrogens with one attached hydrogen (secondary N) is 1. The zero-order valence-corrected chi connectivity index (χ0v) is 18.3. The van der Waals surface area contributed by atoms with E-state index in [1.165, 1.54) is 30.7 Å². The molecule has 0 radical (unpaired) electrons. The Morgan fingerprint density at radius 3 is 2.59 bits per heavy atom. The van der Waals surface area contributed by atoms with Crippen molar-refractivity contribution in [2.75, 3.05) is 40.5 Å². The summed E-state index contributed by atoms with van der Waals surface area (Å²) in [5.41, 5.74) is 0. The minimum Gasteiger partial charge on any atom is -0.493 e. The number of rotatable bonds is 12. The van der Waals surface area contributed by atoms with E-state index >= 15 is 0 Å². The SMILES string of the molecule is CCCCOCCCNC(=O)C1CCCN1S(=O)(=O)c1ccc(OC)c(OC)c1. The first kappa shape index (κ1) is 23.4. The topological polar surface area (TPSA) is 94.2 Å². The van der Waals surface area contributed by atoms with Crippen molar-refractivity contribution in [3.8, 4) is 11.5 Å². The third-order valence-corrected chi connectivity index (χ3v) is 6.78. The van der Waals surface area contributed by atoms with Crippen LogP contribution in [0.1, 0.15) is 39.0 Å². The second-order valence-electron chi connectivity index (χ2n) is 6.90. The molecule has 1 aromatic carbocycles. The number of hydrogen-bond acceptors (Lipinski definition) is 6. The van der Waals surface area contributed by atoms with E-state index in [4.69, 9.17) is 14.2 Å². The molecule has 0 aliphatic carbocycles. The van der Waals surface area contributed by atoms with E-state index in [1.54, 1.807) is 6.07 Å². The van der Waals surface area contributed by atoms with Crippen LogP contribution in [-0.2, 0) is 19.6 Å². The Labute approximate surface area is 173 Å². The smallest absolute Gasteiger partial charge is 0.243 e. The number of unbranched alkanes of at least 4 members (excludes halogenated alkanes) is 1. The summed E-state index contributed by atoms with van der Waals surface area (Å²) in [6.07, 6.45) is 3.96. The Morgan fingerprint density at radius 1 is 1.17 bits per heavy atom. The second-order valence-corrected chi connectivity index (χ2v) is 8.79. The lowest BCUT2D eigenvalue weighted by Gasteiger charge is -2.24. The van der Waals surface area contributed by atoms with Crippen molar-refractivity contribution >= 4 is 15.9 Å². The molecule has 1 aromatic rings. The highest BCUT2D eigenvalue weighted by atomic mass is 32.2. The quantitative estimate of drug-likeness (QED) is 0.513. The van der Waals surface area contributed by atoms with Crippen molar-refractivity contribution in [2.24, 2.45) is 0 Å². The number of methoxy groups -OCH3 is 2. The Balaban J connectivity index is 1.99. The summed E-state index contributed by atoms with van der Waals surface area (Å²) in [7, 11) is -0.885. The van der Waals surface area contributed by atoms with E-state index in [-0.39, 0.29) is 10.8 Å². The van der Waals surface area contributed by atoms with Crippen molar-refractivity contribution < 1.29 is 27.4 Å². The summed E-state index contributed by atoms with van der Waals surface area (Å²) < 4.78 is 43.4. The normalized spacial score (nSPS) is 17.3. The Kier molecular flexibility index (Phi) is 9.19. The van der Waals surface area contributed by atoms with Crippen LogP contribution in [0.4, 0.5) is 0 Å². The summed E-state index contributed by atoms with van der Waals surface area (Å²) in [5.74, 6) is 0.514. The molecule has 164 valence electrons. The molecule has 1 heterocycles. The summed E-state index contributed by atoms with van der Waals surface area (Å²) in [4.78, 5) is 12.7. The fourth-order valence-electron chi connectivity index (χ4n) is 3.25. The van der Waals surface area contributed by atoms with Gasteiger partial charge in [-0.05, 0) is 37.8 Å². The van der Waals surface area contributed by atoms with Gasteiger partial charge in [0.2, 0.25) is 15.9 Å². The van der Waals surface area contributed by atoms with Gasteiger partial charge in [-0.15, -0.1) is 0 Å². The van der Waals surface area contributed by atoms with Gasteiger partial charge in [0.1, 0.15) is 6.04 Å². The highest BCUT2D eigenvalue weighted by Gasteiger charge is 2.39. The maximum absolute atomic E-state index is 13.1. The number of nitrogens with zero attached hydrogens (tertiary/aromatic N) is 1. The number of carbonyl (C=O) groups is 1. The van der Waals surface area contributed by atoms with Gasteiger partial charge >= 0.3 is 0 Å². The maximum atomic E-state index is 13.1. The van der Waals surface area contributed by atoms with Crippen LogP contribution in [0.15, 0.2) is 23.1 Å². The standard InChI is InChI=1S/C20H32N2O6S/c1-4-5-13-28-14-7-11-21-20(23)17-8-6-12-22(17)29(24,25)16-9-10-18(26-2)19(15-16)27-3/h9-10,15,17H,4-8,11-14H2,1-3H3,(H,21,23).